The average molecular weight is 289 g/mol. The maximum absolute atomic E-state index is 10.1. The maximum atomic E-state index is 10.1. The lowest BCUT2D eigenvalue weighted by molar-refractivity contribution is 0.370. The van der Waals surface area contributed by atoms with Crippen molar-refractivity contribution in [3.05, 3.63) is 23.8 Å². The van der Waals surface area contributed by atoms with Crippen molar-refractivity contribution in [3.8, 4) is 28.4 Å². The Balaban J connectivity index is 2.83. The van der Waals surface area contributed by atoms with Crippen LogP contribution in [0.2, 0.25) is 0 Å². The molecule has 2 aromatic rings. The van der Waals surface area contributed by atoms with Gasteiger partial charge < -0.3 is 32.5 Å². The molecule has 112 valence electrons. The quantitative estimate of drug-likeness (QED) is 0.285. The predicted molar refractivity (Wildman–Crippen MR) is 84.2 cm³/mol. The fourth-order valence-electron chi connectivity index (χ4n) is 2.33. The molecule has 0 saturated heterocycles. The van der Waals surface area contributed by atoms with Gasteiger partial charge in [-0.2, -0.15) is 0 Å². The third kappa shape index (κ3) is 2.14. The van der Waals surface area contributed by atoms with Gasteiger partial charge in [0.05, 0.1) is 11.3 Å². The molecule has 6 heteroatoms. The fraction of sp³-hybridized carbons (Fsp3) is 0.200. The zero-order valence-corrected chi connectivity index (χ0v) is 11.9. The summed E-state index contributed by atoms with van der Waals surface area (Å²) < 4.78 is 0. The molecule has 0 heterocycles. The van der Waals surface area contributed by atoms with Crippen molar-refractivity contribution in [1.29, 1.82) is 0 Å². The van der Waals surface area contributed by atoms with Crippen molar-refractivity contribution in [2.45, 2.75) is 19.8 Å². The molecule has 21 heavy (non-hydrogen) atoms. The summed E-state index contributed by atoms with van der Waals surface area (Å²) in [6, 6.07) is 5.32. The van der Waals surface area contributed by atoms with Crippen molar-refractivity contribution in [2.75, 3.05) is 17.2 Å². The zero-order chi connectivity index (χ0) is 15.9. The second kappa shape index (κ2) is 4.97. The molecular weight excluding hydrogens is 270 g/mol. The lowest BCUT2D eigenvalue weighted by Crippen LogP contribution is -2.03. The Labute approximate surface area is 122 Å². The number of anilines is 3. The van der Waals surface area contributed by atoms with E-state index in [0.29, 0.717) is 11.3 Å². The molecule has 0 amide bonds. The highest BCUT2D eigenvalue weighted by Crippen LogP contribution is 2.52. The van der Waals surface area contributed by atoms with Crippen molar-refractivity contribution in [3.63, 3.8) is 0 Å². The van der Waals surface area contributed by atoms with Crippen molar-refractivity contribution in [2.24, 2.45) is 0 Å². The van der Waals surface area contributed by atoms with Crippen LogP contribution >= 0.6 is 0 Å². The highest BCUT2D eigenvalue weighted by Gasteiger charge is 2.23. The van der Waals surface area contributed by atoms with Crippen LogP contribution in [-0.4, -0.2) is 15.3 Å². The minimum atomic E-state index is -0.717. The zero-order valence-electron chi connectivity index (χ0n) is 11.9. The monoisotopic (exact) mass is 289 g/mol. The molecule has 2 rings (SSSR count). The first-order valence-corrected chi connectivity index (χ1v) is 6.47. The Morgan fingerprint density at radius 2 is 1.43 bits per heavy atom. The van der Waals surface area contributed by atoms with E-state index in [1.54, 1.807) is 12.1 Å². The summed E-state index contributed by atoms with van der Waals surface area (Å²) in [7, 11) is 0. The Kier molecular flexibility index (Phi) is 3.47. The average Bonchev–Trinajstić information content (AvgIpc) is 2.44. The fourth-order valence-corrected chi connectivity index (χ4v) is 2.33. The SMILES string of the molecule is CC(C)c1cccc(-c2c(N)c(N)c(O)c(O)c2O)c1N. The summed E-state index contributed by atoms with van der Waals surface area (Å²) in [4.78, 5) is 0. The summed E-state index contributed by atoms with van der Waals surface area (Å²) in [5.41, 5.74) is 19.3. The smallest absolute Gasteiger partial charge is 0.203 e. The van der Waals surface area contributed by atoms with E-state index in [2.05, 4.69) is 0 Å². The van der Waals surface area contributed by atoms with Crippen LogP contribution in [-0.2, 0) is 0 Å². The molecule has 0 aliphatic heterocycles. The topological polar surface area (TPSA) is 139 Å². The normalized spacial score (nSPS) is 11.0. The molecule has 0 spiro atoms. The molecule has 0 atom stereocenters. The van der Waals surface area contributed by atoms with E-state index in [9.17, 15) is 15.3 Å². The molecule has 6 nitrogen and oxygen atoms in total. The van der Waals surface area contributed by atoms with Gasteiger partial charge in [-0.15, -0.1) is 0 Å². The van der Waals surface area contributed by atoms with E-state index >= 15 is 0 Å². The lowest BCUT2D eigenvalue weighted by Gasteiger charge is -2.18. The van der Waals surface area contributed by atoms with Crippen molar-refractivity contribution in [1.82, 2.24) is 0 Å². The number of benzene rings is 2. The van der Waals surface area contributed by atoms with E-state index < -0.39 is 17.2 Å². The first kappa shape index (κ1) is 14.6. The predicted octanol–water partition coefficient (Wildman–Crippen LogP) is 2.34. The number of aromatic hydroxyl groups is 3. The van der Waals surface area contributed by atoms with Crippen LogP contribution in [0.1, 0.15) is 25.3 Å². The molecule has 0 bridgehead atoms. The van der Waals surface area contributed by atoms with Gasteiger partial charge in [0.2, 0.25) is 5.75 Å². The van der Waals surface area contributed by atoms with Gasteiger partial charge in [-0.05, 0) is 11.5 Å². The molecule has 0 unspecified atom stereocenters. The maximum Gasteiger partial charge on any atom is 0.203 e. The third-order valence-corrected chi connectivity index (χ3v) is 3.53. The molecule has 9 N–H and O–H groups in total. The van der Waals surface area contributed by atoms with Crippen LogP contribution in [0, 0.1) is 0 Å². The second-order valence-electron chi connectivity index (χ2n) is 5.21. The van der Waals surface area contributed by atoms with Gasteiger partial charge in [0.15, 0.2) is 11.5 Å². The van der Waals surface area contributed by atoms with E-state index in [4.69, 9.17) is 17.2 Å². The van der Waals surface area contributed by atoms with Gasteiger partial charge >= 0.3 is 0 Å². The molecule has 0 saturated carbocycles. The van der Waals surface area contributed by atoms with Crippen LogP contribution in [0.15, 0.2) is 18.2 Å². The van der Waals surface area contributed by atoms with Gasteiger partial charge in [0.1, 0.15) is 5.69 Å². The van der Waals surface area contributed by atoms with Gasteiger partial charge in [-0.1, -0.05) is 32.0 Å². The molecule has 0 aliphatic carbocycles. The first-order valence-electron chi connectivity index (χ1n) is 6.47. The number of phenolic OH excluding ortho intramolecular Hbond substituents is 3. The molecule has 0 radical (unpaired) electrons. The number of hydrogen-bond acceptors (Lipinski definition) is 6. The van der Waals surface area contributed by atoms with Gasteiger partial charge in [-0.25, -0.2) is 0 Å². The summed E-state index contributed by atoms with van der Waals surface area (Å²) in [6.45, 7) is 3.97. The molecule has 0 aromatic heterocycles. The van der Waals surface area contributed by atoms with Crippen LogP contribution in [0.5, 0.6) is 17.2 Å². The highest BCUT2D eigenvalue weighted by molar-refractivity contribution is 5.98. The van der Waals surface area contributed by atoms with Gasteiger partial charge in [-0.3, -0.25) is 0 Å². The Hall–Kier alpha value is -2.76. The summed E-state index contributed by atoms with van der Waals surface area (Å²) in [5.74, 6) is -1.73. The van der Waals surface area contributed by atoms with E-state index in [0.717, 1.165) is 5.56 Å². The number of hydrogen-bond donors (Lipinski definition) is 6. The molecule has 0 aliphatic rings. The van der Waals surface area contributed by atoms with Gasteiger partial charge in [0, 0.05) is 11.3 Å². The number of nitrogen functional groups attached to an aromatic ring is 3. The number of phenols is 3. The van der Waals surface area contributed by atoms with Crippen LogP contribution in [0.3, 0.4) is 0 Å². The molecular formula is C15H19N3O3. The minimum absolute atomic E-state index is 0.0320. The first-order chi connectivity index (χ1) is 9.77. The van der Waals surface area contributed by atoms with Crippen molar-refractivity contribution < 1.29 is 15.3 Å². The Morgan fingerprint density at radius 3 is 2.00 bits per heavy atom. The number of para-hydroxylation sites is 1. The Morgan fingerprint density at radius 1 is 0.810 bits per heavy atom. The van der Waals surface area contributed by atoms with Crippen LogP contribution < -0.4 is 17.2 Å². The van der Waals surface area contributed by atoms with E-state index in [1.165, 1.54) is 0 Å². The molecule has 2 aromatic carbocycles. The largest absolute Gasteiger partial charge is 0.504 e. The van der Waals surface area contributed by atoms with E-state index in [1.807, 2.05) is 19.9 Å². The van der Waals surface area contributed by atoms with E-state index in [-0.39, 0.29) is 22.9 Å². The number of nitrogens with two attached hydrogens (primary N) is 3. The standard InChI is InChI=1S/C15H19N3O3/c1-6(2)7-4-3-5-8(10(7)16)9-11(17)12(18)14(20)15(21)13(9)19/h3-6,19-21H,16-18H2,1-2H3. The lowest BCUT2D eigenvalue weighted by atomic mass is 9.92. The van der Waals surface area contributed by atoms with Crippen molar-refractivity contribution >= 4 is 17.1 Å². The summed E-state index contributed by atoms with van der Waals surface area (Å²) in [5, 5.41) is 29.4. The van der Waals surface area contributed by atoms with Crippen LogP contribution in [0.4, 0.5) is 17.1 Å². The summed E-state index contributed by atoms with van der Waals surface area (Å²) >= 11 is 0. The van der Waals surface area contributed by atoms with Gasteiger partial charge in [0.25, 0.3) is 0 Å². The third-order valence-electron chi connectivity index (χ3n) is 3.53. The minimum Gasteiger partial charge on any atom is -0.504 e. The highest BCUT2D eigenvalue weighted by atomic mass is 16.3. The summed E-state index contributed by atoms with van der Waals surface area (Å²) in [6.07, 6.45) is 0. The Bertz CT molecular complexity index is 683. The second-order valence-corrected chi connectivity index (χ2v) is 5.21. The number of rotatable bonds is 2. The molecule has 0 fully saturated rings. The van der Waals surface area contributed by atoms with Crippen LogP contribution in [0.25, 0.3) is 11.1 Å².